The molecule has 0 aliphatic heterocycles. The van der Waals surface area contributed by atoms with Gasteiger partial charge in [0.2, 0.25) is 10.0 Å². The van der Waals surface area contributed by atoms with E-state index in [0.717, 1.165) is 12.0 Å². The number of rotatable bonds is 7. The smallest absolute Gasteiger partial charge is 0.243 e. The van der Waals surface area contributed by atoms with Crippen molar-refractivity contribution in [1.29, 1.82) is 0 Å². The van der Waals surface area contributed by atoms with Crippen molar-refractivity contribution in [3.63, 3.8) is 0 Å². The SMILES string of the molecule is CCCOc1ccc(S(=O)(=O)N(C)Cc2cn[nH]c2)cc1. The molecule has 2 rings (SSSR count). The highest BCUT2D eigenvalue weighted by Crippen LogP contribution is 2.20. The molecule has 1 heterocycles. The number of aromatic amines is 1. The van der Waals surface area contributed by atoms with Gasteiger partial charge in [0.15, 0.2) is 0 Å². The summed E-state index contributed by atoms with van der Waals surface area (Å²) in [6.07, 6.45) is 4.19. The molecule has 21 heavy (non-hydrogen) atoms. The van der Waals surface area contributed by atoms with Crippen molar-refractivity contribution in [3.8, 4) is 5.75 Å². The van der Waals surface area contributed by atoms with Gasteiger partial charge in [0, 0.05) is 25.4 Å². The Labute approximate surface area is 124 Å². The summed E-state index contributed by atoms with van der Waals surface area (Å²) in [6.45, 7) is 2.91. The number of hydrogen-bond donors (Lipinski definition) is 1. The number of H-pyrrole nitrogens is 1. The molecular weight excluding hydrogens is 290 g/mol. The molecule has 0 fully saturated rings. The van der Waals surface area contributed by atoms with E-state index in [2.05, 4.69) is 10.2 Å². The summed E-state index contributed by atoms with van der Waals surface area (Å²) in [4.78, 5) is 0.248. The summed E-state index contributed by atoms with van der Waals surface area (Å²) in [7, 11) is -1.97. The Morgan fingerprint density at radius 1 is 1.29 bits per heavy atom. The largest absolute Gasteiger partial charge is 0.494 e. The van der Waals surface area contributed by atoms with Crippen LogP contribution in [-0.2, 0) is 16.6 Å². The summed E-state index contributed by atoms with van der Waals surface area (Å²) < 4.78 is 31.6. The third-order valence-electron chi connectivity index (χ3n) is 2.96. The van der Waals surface area contributed by atoms with Crippen molar-refractivity contribution in [2.45, 2.75) is 24.8 Å². The molecule has 1 N–H and O–H groups in total. The van der Waals surface area contributed by atoms with E-state index in [-0.39, 0.29) is 11.4 Å². The fraction of sp³-hybridized carbons (Fsp3) is 0.357. The molecule has 0 bridgehead atoms. The van der Waals surface area contributed by atoms with Crippen LogP contribution in [-0.4, -0.2) is 36.6 Å². The van der Waals surface area contributed by atoms with Gasteiger partial charge in [-0.1, -0.05) is 6.92 Å². The lowest BCUT2D eigenvalue weighted by atomic mass is 10.3. The first kappa shape index (κ1) is 15.5. The lowest BCUT2D eigenvalue weighted by molar-refractivity contribution is 0.317. The second-order valence-electron chi connectivity index (χ2n) is 4.69. The molecule has 0 aliphatic rings. The first-order chi connectivity index (χ1) is 10.0. The highest BCUT2D eigenvalue weighted by molar-refractivity contribution is 7.89. The van der Waals surface area contributed by atoms with Crippen molar-refractivity contribution in [1.82, 2.24) is 14.5 Å². The van der Waals surface area contributed by atoms with E-state index in [4.69, 9.17) is 4.74 Å². The van der Waals surface area contributed by atoms with Crippen LogP contribution in [0.2, 0.25) is 0 Å². The average Bonchev–Trinajstić information content (AvgIpc) is 2.98. The number of nitrogens with zero attached hydrogens (tertiary/aromatic N) is 2. The molecule has 114 valence electrons. The van der Waals surface area contributed by atoms with Gasteiger partial charge < -0.3 is 4.74 Å². The van der Waals surface area contributed by atoms with Crippen LogP contribution in [0.25, 0.3) is 0 Å². The predicted molar refractivity (Wildman–Crippen MR) is 79.5 cm³/mol. The second-order valence-corrected chi connectivity index (χ2v) is 6.73. The molecule has 0 saturated carbocycles. The normalized spacial score (nSPS) is 11.8. The Balaban J connectivity index is 2.11. The van der Waals surface area contributed by atoms with Crippen LogP contribution in [0.4, 0.5) is 0 Å². The van der Waals surface area contributed by atoms with Gasteiger partial charge in [-0.2, -0.15) is 9.40 Å². The molecule has 2 aromatic rings. The molecular formula is C14H19N3O3S. The van der Waals surface area contributed by atoms with E-state index in [1.165, 1.54) is 4.31 Å². The third-order valence-corrected chi connectivity index (χ3v) is 4.78. The maximum Gasteiger partial charge on any atom is 0.243 e. The molecule has 7 heteroatoms. The van der Waals surface area contributed by atoms with Crippen LogP contribution in [0, 0.1) is 0 Å². The van der Waals surface area contributed by atoms with Gasteiger partial charge in [0.05, 0.1) is 17.7 Å². The van der Waals surface area contributed by atoms with Crippen molar-refractivity contribution >= 4 is 10.0 Å². The van der Waals surface area contributed by atoms with Crippen LogP contribution in [0.3, 0.4) is 0 Å². The van der Waals surface area contributed by atoms with Crippen LogP contribution in [0.1, 0.15) is 18.9 Å². The highest BCUT2D eigenvalue weighted by Gasteiger charge is 2.21. The molecule has 6 nitrogen and oxygen atoms in total. The fourth-order valence-corrected chi connectivity index (χ4v) is 2.97. The number of nitrogens with one attached hydrogen (secondary N) is 1. The van der Waals surface area contributed by atoms with Gasteiger partial charge in [-0.15, -0.1) is 0 Å². The summed E-state index contributed by atoms with van der Waals surface area (Å²) in [5.74, 6) is 0.674. The van der Waals surface area contributed by atoms with E-state index in [9.17, 15) is 8.42 Å². The zero-order valence-corrected chi connectivity index (χ0v) is 12.9. The summed E-state index contributed by atoms with van der Waals surface area (Å²) >= 11 is 0. The minimum atomic E-state index is -3.52. The van der Waals surface area contributed by atoms with E-state index in [1.54, 1.807) is 43.7 Å². The standard InChI is InChI=1S/C14H19N3O3S/c1-3-8-20-13-4-6-14(7-5-13)21(18,19)17(2)11-12-9-15-16-10-12/h4-7,9-10H,3,8,11H2,1-2H3,(H,15,16). The quantitative estimate of drug-likeness (QED) is 0.849. The molecule has 1 aromatic carbocycles. The Hall–Kier alpha value is -1.86. The van der Waals surface area contributed by atoms with Crippen molar-refractivity contribution in [3.05, 3.63) is 42.2 Å². The van der Waals surface area contributed by atoms with E-state index in [1.807, 2.05) is 6.92 Å². The van der Waals surface area contributed by atoms with E-state index < -0.39 is 10.0 Å². The summed E-state index contributed by atoms with van der Waals surface area (Å²) in [5, 5.41) is 6.47. The Morgan fingerprint density at radius 3 is 2.57 bits per heavy atom. The third kappa shape index (κ3) is 3.83. The lowest BCUT2D eigenvalue weighted by Crippen LogP contribution is -2.26. The molecule has 0 atom stereocenters. The van der Waals surface area contributed by atoms with E-state index >= 15 is 0 Å². The number of benzene rings is 1. The molecule has 1 aromatic heterocycles. The first-order valence-corrected chi connectivity index (χ1v) is 8.15. The molecule has 0 radical (unpaired) electrons. The van der Waals surface area contributed by atoms with Crippen LogP contribution >= 0.6 is 0 Å². The van der Waals surface area contributed by atoms with Crippen molar-refractivity contribution in [2.75, 3.05) is 13.7 Å². The van der Waals surface area contributed by atoms with Gasteiger partial charge in [-0.3, -0.25) is 5.10 Å². The molecule has 0 amide bonds. The minimum Gasteiger partial charge on any atom is -0.494 e. The minimum absolute atomic E-state index is 0.248. The predicted octanol–water partition coefficient (Wildman–Crippen LogP) is 2.02. The highest BCUT2D eigenvalue weighted by atomic mass is 32.2. The van der Waals surface area contributed by atoms with Gasteiger partial charge in [-0.05, 0) is 30.7 Å². The maximum absolute atomic E-state index is 12.4. The Bertz CT molecular complexity index is 651. The van der Waals surface area contributed by atoms with Crippen molar-refractivity contribution < 1.29 is 13.2 Å². The Morgan fingerprint density at radius 2 is 2.00 bits per heavy atom. The molecule has 0 aliphatic carbocycles. The molecule has 0 unspecified atom stereocenters. The number of sulfonamides is 1. The fourth-order valence-electron chi connectivity index (χ4n) is 1.81. The van der Waals surface area contributed by atoms with Gasteiger partial charge in [0.25, 0.3) is 0 Å². The number of ether oxygens (including phenoxy) is 1. The summed E-state index contributed by atoms with van der Waals surface area (Å²) in [6, 6.07) is 6.47. The number of aromatic nitrogens is 2. The second kappa shape index (κ2) is 6.73. The van der Waals surface area contributed by atoms with Crippen LogP contribution in [0.15, 0.2) is 41.6 Å². The van der Waals surface area contributed by atoms with Gasteiger partial charge in [0.1, 0.15) is 5.75 Å². The first-order valence-electron chi connectivity index (χ1n) is 6.71. The van der Waals surface area contributed by atoms with E-state index in [0.29, 0.717) is 12.4 Å². The summed E-state index contributed by atoms with van der Waals surface area (Å²) in [5.41, 5.74) is 0.809. The van der Waals surface area contributed by atoms with Gasteiger partial charge >= 0.3 is 0 Å². The zero-order valence-electron chi connectivity index (χ0n) is 12.1. The average molecular weight is 309 g/mol. The molecule has 0 saturated heterocycles. The zero-order chi connectivity index (χ0) is 15.3. The Kier molecular flexibility index (Phi) is 4.98. The maximum atomic E-state index is 12.4. The van der Waals surface area contributed by atoms with Crippen LogP contribution in [0.5, 0.6) is 5.75 Å². The lowest BCUT2D eigenvalue weighted by Gasteiger charge is -2.16. The van der Waals surface area contributed by atoms with Crippen LogP contribution < -0.4 is 4.74 Å². The van der Waals surface area contributed by atoms with Gasteiger partial charge in [-0.25, -0.2) is 8.42 Å². The monoisotopic (exact) mass is 309 g/mol. The molecule has 0 spiro atoms. The van der Waals surface area contributed by atoms with Crippen molar-refractivity contribution in [2.24, 2.45) is 0 Å². The number of hydrogen-bond acceptors (Lipinski definition) is 4. The topological polar surface area (TPSA) is 75.3 Å².